The van der Waals surface area contributed by atoms with Gasteiger partial charge >= 0.3 is 88.7 Å². The van der Waals surface area contributed by atoms with E-state index in [2.05, 4.69) is 32.9 Å². The van der Waals surface area contributed by atoms with Gasteiger partial charge in [-0.2, -0.15) is 42.1 Å². The van der Waals surface area contributed by atoms with Gasteiger partial charge in [0.25, 0.3) is 50.6 Å². The van der Waals surface area contributed by atoms with Crippen molar-refractivity contribution in [1.82, 2.24) is 0 Å². The van der Waals surface area contributed by atoms with Crippen LogP contribution in [0.2, 0.25) is 0 Å². The van der Waals surface area contributed by atoms with Crippen molar-refractivity contribution in [3.8, 4) is 0 Å². The molecule has 5 N–H and O–H groups in total. The van der Waals surface area contributed by atoms with E-state index < -0.39 is 50.6 Å². The van der Waals surface area contributed by atoms with Crippen LogP contribution in [0.4, 0.5) is 0 Å². The number of hydrogen-bond acceptors (Lipinski definition) is 10. The molecule has 0 heterocycles. The molecule has 0 saturated carbocycles. The van der Waals surface area contributed by atoms with E-state index in [0.29, 0.717) is 0 Å². The molecule has 216 valence electrons. The van der Waals surface area contributed by atoms with Gasteiger partial charge in [-0.1, -0.05) is 30.4 Å². The van der Waals surface area contributed by atoms with Crippen LogP contribution in [-0.2, 0) is 50.6 Å². The molecule has 0 spiro atoms. The topological polar surface area (TPSA) is 272 Å². The fourth-order valence-corrected chi connectivity index (χ4v) is 2.23. The molecular formula is C15H33Na3O15S5. The van der Waals surface area contributed by atoms with Crippen molar-refractivity contribution < 1.29 is 158 Å². The van der Waals surface area contributed by atoms with Gasteiger partial charge in [0, 0.05) is 0 Å². The molecule has 0 atom stereocenters. The maximum atomic E-state index is 9.72. The molecule has 0 saturated heterocycles. The predicted molar refractivity (Wildman–Crippen MR) is 136 cm³/mol. The molecular weight excluding hydrogens is 649 g/mol. The van der Waals surface area contributed by atoms with E-state index in [-0.39, 0.29) is 122 Å². The van der Waals surface area contributed by atoms with E-state index in [9.17, 15) is 42.1 Å². The van der Waals surface area contributed by atoms with Crippen molar-refractivity contribution in [2.45, 2.75) is 0 Å². The van der Waals surface area contributed by atoms with E-state index in [1.165, 1.54) is 0 Å². The Hall–Kier alpha value is 1.25. The van der Waals surface area contributed by atoms with Gasteiger partial charge in [-0.15, -0.1) is 32.9 Å². The van der Waals surface area contributed by atoms with E-state index in [0.717, 1.165) is 30.4 Å². The first kappa shape index (κ1) is 58.8. The zero-order valence-electron chi connectivity index (χ0n) is 24.3. The quantitative estimate of drug-likeness (QED) is 0.0813. The third-order valence-electron chi connectivity index (χ3n) is 1.64. The molecule has 15 nitrogen and oxygen atoms in total. The van der Waals surface area contributed by atoms with Crippen LogP contribution in [0, 0.1) is 0 Å². The van der Waals surface area contributed by atoms with Crippen molar-refractivity contribution >= 4 is 50.6 Å². The number of hydrogen-bond donors (Lipinski definition) is 5. The summed E-state index contributed by atoms with van der Waals surface area (Å²) in [4.78, 5) is 0. The molecule has 0 aliphatic heterocycles. The predicted octanol–water partition coefficient (Wildman–Crippen LogP) is -8.35. The summed E-state index contributed by atoms with van der Waals surface area (Å²) in [6.07, 6.45) is 5.60. The molecule has 23 heteroatoms. The average Bonchev–Trinajstić information content (AvgIpc) is 2.51. The number of rotatable bonds is 10. The zero-order valence-corrected chi connectivity index (χ0v) is 31.4. The monoisotopic (exact) mass is 682 g/mol. The normalized spacial score (nSPS) is 10.1. The first-order valence-corrected chi connectivity index (χ1v) is 16.2. The maximum Gasteiger partial charge on any atom is 1.00 e. The van der Waals surface area contributed by atoms with Gasteiger partial charge in [0.15, 0.2) is 0 Å². The van der Waals surface area contributed by atoms with Crippen molar-refractivity contribution in [1.29, 1.82) is 0 Å². The van der Waals surface area contributed by atoms with E-state index in [1.54, 1.807) is 0 Å². The van der Waals surface area contributed by atoms with Crippen molar-refractivity contribution in [2.75, 3.05) is 28.8 Å². The van der Waals surface area contributed by atoms with Crippen LogP contribution in [0.3, 0.4) is 0 Å². The SMILES string of the molecule is C=CCS(=O)(=O)O.C=CCS(=O)(=O)O.C=CCS(=O)(=O)O.C=CCS(=O)(=O)O.C=CCS(=O)(=O)O.[H-].[H-].[H-].[Na+].[Na+].[Na+]. The Labute approximate surface area is 296 Å². The second-order valence-corrected chi connectivity index (χ2v) is 12.7. The van der Waals surface area contributed by atoms with Gasteiger partial charge in [-0.25, -0.2) is 0 Å². The Morgan fingerprint density at radius 2 is 0.447 bits per heavy atom. The van der Waals surface area contributed by atoms with Crippen LogP contribution in [0.1, 0.15) is 4.28 Å². The summed E-state index contributed by atoms with van der Waals surface area (Å²) in [7, 11) is -19.0. The van der Waals surface area contributed by atoms with Gasteiger partial charge in [-0.3, -0.25) is 22.8 Å². The Balaban J connectivity index is -0.0000000294. The molecule has 38 heavy (non-hydrogen) atoms. The van der Waals surface area contributed by atoms with Crippen LogP contribution in [0.15, 0.2) is 63.3 Å². The molecule has 0 amide bonds. The molecule has 0 radical (unpaired) electrons. The molecule has 0 aliphatic carbocycles. The molecule has 0 bridgehead atoms. The van der Waals surface area contributed by atoms with Gasteiger partial charge in [0.2, 0.25) is 0 Å². The molecule has 0 aromatic carbocycles. The summed E-state index contributed by atoms with van der Waals surface area (Å²) in [5, 5.41) is 0. The largest absolute Gasteiger partial charge is 1.00 e. The van der Waals surface area contributed by atoms with Gasteiger partial charge in [0.1, 0.15) is 0 Å². The molecule has 0 aromatic heterocycles. The summed E-state index contributed by atoms with van der Waals surface area (Å²) in [6.45, 7) is 15.5. The summed E-state index contributed by atoms with van der Waals surface area (Å²) < 4.78 is 137. The third kappa shape index (κ3) is 108. The second kappa shape index (κ2) is 31.2. The van der Waals surface area contributed by atoms with Crippen LogP contribution in [-0.4, -0.2) is 93.6 Å². The van der Waals surface area contributed by atoms with Crippen LogP contribution < -0.4 is 88.7 Å². The van der Waals surface area contributed by atoms with Crippen molar-refractivity contribution in [3.63, 3.8) is 0 Å². The van der Waals surface area contributed by atoms with Crippen molar-refractivity contribution in [3.05, 3.63) is 63.3 Å². The minimum Gasteiger partial charge on any atom is -1.00 e. The van der Waals surface area contributed by atoms with E-state index in [1.807, 2.05) is 0 Å². The first-order chi connectivity index (χ1) is 15.3. The van der Waals surface area contributed by atoms with E-state index >= 15 is 0 Å². The molecule has 0 rings (SSSR count). The fraction of sp³-hybridized carbons (Fsp3) is 0.333. The van der Waals surface area contributed by atoms with Gasteiger partial charge < -0.3 is 4.28 Å². The van der Waals surface area contributed by atoms with Crippen LogP contribution >= 0.6 is 0 Å². The smallest absolute Gasteiger partial charge is 1.00 e. The van der Waals surface area contributed by atoms with Crippen LogP contribution in [0.5, 0.6) is 0 Å². The summed E-state index contributed by atoms with van der Waals surface area (Å²) >= 11 is 0. The Morgan fingerprint density at radius 1 is 0.368 bits per heavy atom. The molecule has 0 fully saturated rings. The first-order valence-electron chi connectivity index (χ1n) is 8.11. The maximum absolute atomic E-state index is 9.72. The minimum absolute atomic E-state index is 0. The van der Waals surface area contributed by atoms with Gasteiger partial charge in [0.05, 0.1) is 28.8 Å². The Morgan fingerprint density at radius 3 is 0.447 bits per heavy atom. The minimum atomic E-state index is -3.79. The van der Waals surface area contributed by atoms with Crippen molar-refractivity contribution in [2.24, 2.45) is 0 Å². The molecule has 0 aliphatic rings. The second-order valence-electron chi connectivity index (χ2n) is 5.19. The summed E-state index contributed by atoms with van der Waals surface area (Å²) in [5.41, 5.74) is 0. The third-order valence-corrected chi connectivity index (χ3v) is 4.93. The molecule has 0 unspecified atom stereocenters. The fourth-order valence-electron chi connectivity index (χ4n) is 0.745. The summed E-state index contributed by atoms with van der Waals surface area (Å²) in [5.74, 6) is -1.84. The van der Waals surface area contributed by atoms with E-state index in [4.69, 9.17) is 22.8 Å². The summed E-state index contributed by atoms with van der Waals surface area (Å²) in [6, 6.07) is 0. The Bertz CT molecular complexity index is 969. The standard InChI is InChI=1S/5C3H6O3S.3Na.3H/c5*1-2-3-7(4,5)6;;;;;;/h5*2H,1,3H2,(H,4,5,6);;;;;;/q;;;;;3*+1;3*-1. The average molecular weight is 683 g/mol. The Kier molecular flexibility index (Phi) is 48.3. The molecule has 0 aromatic rings. The van der Waals surface area contributed by atoms with Gasteiger partial charge in [-0.05, 0) is 0 Å². The zero-order chi connectivity index (χ0) is 29.6. The van der Waals surface area contributed by atoms with Crippen LogP contribution in [0.25, 0.3) is 0 Å².